The molecule has 4 nitrogen and oxygen atoms in total. The van der Waals surface area contributed by atoms with Gasteiger partial charge in [0.15, 0.2) is 0 Å². The Morgan fingerprint density at radius 2 is 1.78 bits per heavy atom. The molecule has 0 N–H and O–H groups in total. The number of hydrogen-bond donors (Lipinski definition) is 0. The van der Waals surface area contributed by atoms with E-state index < -0.39 is 0 Å². The van der Waals surface area contributed by atoms with Gasteiger partial charge in [-0.05, 0) is 49.6 Å². The molecule has 2 fully saturated rings. The molecule has 4 heteroatoms. The van der Waals surface area contributed by atoms with Crippen molar-refractivity contribution in [3.8, 4) is 5.75 Å². The van der Waals surface area contributed by atoms with E-state index in [1.165, 1.54) is 16.7 Å². The van der Waals surface area contributed by atoms with E-state index in [1.54, 1.807) is 7.11 Å². The number of carbonyl (C=O) groups excluding carboxylic acids is 1. The minimum absolute atomic E-state index is 0.170. The first kappa shape index (κ1) is 18.1. The van der Waals surface area contributed by atoms with Crippen LogP contribution >= 0.6 is 0 Å². The van der Waals surface area contributed by atoms with Crippen LogP contribution in [0.15, 0.2) is 48.5 Å². The van der Waals surface area contributed by atoms with Gasteiger partial charge in [0.05, 0.1) is 12.5 Å². The van der Waals surface area contributed by atoms with Gasteiger partial charge in [-0.2, -0.15) is 0 Å². The van der Waals surface area contributed by atoms with Crippen molar-refractivity contribution in [3.63, 3.8) is 0 Å². The highest BCUT2D eigenvalue weighted by Gasteiger charge is 2.50. The Morgan fingerprint density at radius 1 is 1.00 bits per heavy atom. The minimum atomic E-state index is -0.170. The molecule has 4 rings (SSSR count). The summed E-state index contributed by atoms with van der Waals surface area (Å²) in [4.78, 5) is 17.7. The van der Waals surface area contributed by atoms with E-state index in [4.69, 9.17) is 4.74 Å². The summed E-state index contributed by atoms with van der Waals surface area (Å²) in [6, 6.07) is 16.7. The van der Waals surface area contributed by atoms with Crippen LogP contribution in [0.25, 0.3) is 0 Å². The Hall–Kier alpha value is -2.33. The molecule has 1 spiro atoms. The van der Waals surface area contributed by atoms with Gasteiger partial charge in [0, 0.05) is 26.2 Å². The molecule has 0 bridgehead atoms. The molecule has 2 saturated heterocycles. The van der Waals surface area contributed by atoms with Crippen molar-refractivity contribution in [2.45, 2.75) is 32.9 Å². The second-order valence-corrected chi connectivity index (χ2v) is 8.05. The van der Waals surface area contributed by atoms with Gasteiger partial charge < -0.3 is 9.64 Å². The Labute approximate surface area is 161 Å². The maximum absolute atomic E-state index is 13.2. The molecule has 1 amide bonds. The van der Waals surface area contributed by atoms with Gasteiger partial charge in [-0.3, -0.25) is 9.69 Å². The molecule has 1 atom stereocenters. The highest BCUT2D eigenvalue weighted by Crippen LogP contribution is 2.41. The first-order chi connectivity index (χ1) is 13.1. The van der Waals surface area contributed by atoms with Gasteiger partial charge in [0.25, 0.3) is 0 Å². The molecule has 2 heterocycles. The zero-order valence-electron chi connectivity index (χ0n) is 16.3. The number of benzene rings is 2. The average Bonchev–Trinajstić information content (AvgIpc) is 3.21. The molecule has 0 aromatic heterocycles. The van der Waals surface area contributed by atoms with Crippen molar-refractivity contribution in [3.05, 3.63) is 65.2 Å². The number of aryl methyl sites for hydroxylation is 1. The van der Waals surface area contributed by atoms with Gasteiger partial charge in [-0.15, -0.1) is 0 Å². The van der Waals surface area contributed by atoms with Gasteiger partial charge in [-0.1, -0.05) is 42.0 Å². The topological polar surface area (TPSA) is 32.8 Å². The molecule has 0 aliphatic carbocycles. The van der Waals surface area contributed by atoms with Gasteiger partial charge in [0.2, 0.25) is 5.91 Å². The zero-order valence-corrected chi connectivity index (χ0v) is 16.3. The quantitative estimate of drug-likeness (QED) is 0.812. The van der Waals surface area contributed by atoms with Gasteiger partial charge >= 0.3 is 0 Å². The highest BCUT2D eigenvalue weighted by molar-refractivity contribution is 5.85. The summed E-state index contributed by atoms with van der Waals surface area (Å²) < 4.78 is 5.23. The summed E-state index contributed by atoms with van der Waals surface area (Å²) in [5.41, 5.74) is 3.58. The maximum Gasteiger partial charge on any atom is 0.230 e. The summed E-state index contributed by atoms with van der Waals surface area (Å²) in [6.45, 7) is 6.49. The Bertz CT molecular complexity index is 817. The normalized spacial score (nSPS) is 22.7. The molecule has 2 aromatic carbocycles. The summed E-state index contributed by atoms with van der Waals surface area (Å²) in [5, 5.41) is 0. The lowest BCUT2D eigenvalue weighted by atomic mass is 9.85. The van der Waals surface area contributed by atoms with Crippen molar-refractivity contribution in [1.82, 2.24) is 9.80 Å². The van der Waals surface area contributed by atoms with Crippen LogP contribution in [-0.4, -0.2) is 42.5 Å². The first-order valence-electron chi connectivity index (χ1n) is 9.78. The fraction of sp³-hybridized carbons (Fsp3) is 0.435. The second kappa shape index (κ2) is 7.35. The Morgan fingerprint density at radius 3 is 2.52 bits per heavy atom. The molecule has 0 unspecified atom stereocenters. The molecular weight excluding hydrogens is 336 g/mol. The number of nitrogens with zero attached hydrogens (tertiary/aromatic N) is 2. The lowest BCUT2D eigenvalue weighted by molar-refractivity contribution is -0.136. The van der Waals surface area contributed by atoms with E-state index in [9.17, 15) is 4.79 Å². The number of ether oxygens (including phenoxy) is 1. The number of rotatable bonds is 5. The summed E-state index contributed by atoms with van der Waals surface area (Å²) in [7, 11) is 1.69. The van der Waals surface area contributed by atoms with Crippen LogP contribution in [0.4, 0.5) is 0 Å². The molecule has 2 aliphatic heterocycles. The smallest absolute Gasteiger partial charge is 0.230 e. The minimum Gasteiger partial charge on any atom is -0.497 e. The van der Waals surface area contributed by atoms with Crippen molar-refractivity contribution in [1.29, 1.82) is 0 Å². The third kappa shape index (κ3) is 3.72. The predicted molar refractivity (Wildman–Crippen MR) is 107 cm³/mol. The van der Waals surface area contributed by atoms with Crippen molar-refractivity contribution < 1.29 is 9.53 Å². The van der Waals surface area contributed by atoms with Crippen LogP contribution in [0.5, 0.6) is 5.75 Å². The number of likely N-dealkylation sites (tertiary alicyclic amines) is 2. The lowest BCUT2D eigenvalue weighted by Crippen LogP contribution is -2.36. The van der Waals surface area contributed by atoms with Crippen LogP contribution in [0.3, 0.4) is 0 Å². The number of methoxy groups -OCH3 is 1. The molecule has 0 radical (unpaired) electrons. The van der Waals surface area contributed by atoms with Crippen LogP contribution < -0.4 is 4.74 Å². The summed E-state index contributed by atoms with van der Waals surface area (Å²) in [6.07, 6.45) is 1.96. The fourth-order valence-electron chi connectivity index (χ4n) is 4.54. The van der Waals surface area contributed by atoms with Crippen molar-refractivity contribution in [2.24, 2.45) is 5.41 Å². The Kier molecular flexibility index (Phi) is 4.92. The summed E-state index contributed by atoms with van der Waals surface area (Å²) in [5.74, 6) is 1.23. The molecule has 27 heavy (non-hydrogen) atoms. The monoisotopic (exact) mass is 364 g/mol. The number of carbonyl (C=O) groups is 1. The largest absolute Gasteiger partial charge is 0.497 e. The van der Waals surface area contributed by atoms with E-state index in [0.29, 0.717) is 5.91 Å². The SMILES string of the molecule is COc1ccc(CN2CC[C@]3(CCN(Cc4cccc(C)c4)C3=O)C2)cc1. The van der Waals surface area contributed by atoms with E-state index in [1.807, 2.05) is 12.1 Å². The zero-order chi connectivity index (χ0) is 18.9. The fourth-order valence-corrected chi connectivity index (χ4v) is 4.54. The van der Waals surface area contributed by atoms with Crippen LogP contribution in [-0.2, 0) is 17.9 Å². The van der Waals surface area contributed by atoms with E-state index >= 15 is 0 Å². The average molecular weight is 364 g/mol. The van der Waals surface area contributed by atoms with Crippen LogP contribution in [0.2, 0.25) is 0 Å². The predicted octanol–water partition coefficient (Wildman–Crippen LogP) is 3.63. The molecular formula is C23H28N2O2. The highest BCUT2D eigenvalue weighted by atomic mass is 16.5. The first-order valence-corrected chi connectivity index (χ1v) is 9.78. The molecule has 142 valence electrons. The second-order valence-electron chi connectivity index (χ2n) is 8.05. The van der Waals surface area contributed by atoms with Crippen molar-refractivity contribution in [2.75, 3.05) is 26.7 Å². The van der Waals surface area contributed by atoms with Crippen molar-refractivity contribution >= 4 is 5.91 Å². The summed E-state index contributed by atoms with van der Waals surface area (Å²) >= 11 is 0. The van der Waals surface area contributed by atoms with E-state index in [-0.39, 0.29) is 5.41 Å². The Balaban J connectivity index is 1.38. The van der Waals surface area contributed by atoms with Crippen LogP contribution in [0, 0.1) is 12.3 Å². The maximum atomic E-state index is 13.2. The standard InChI is InChI=1S/C23H28N2O2/c1-18-4-3-5-20(14-18)16-25-13-11-23(22(25)26)10-12-24(17-23)15-19-6-8-21(27-2)9-7-19/h3-9,14H,10-13,15-17H2,1-2H3/t23-/m0/s1. The molecule has 0 saturated carbocycles. The molecule has 2 aromatic rings. The third-order valence-corrected chi connectivity index (χ3v) is 6.06. The number of hydrogen-bond acceptors (Lipinski definition) is 3. The van der Waals surface area contributed by atoms with Crippen LogP contribution in [0.1, 0.15) is 29.5 Å². The van der Waals surface area contributed by atoms with Gasteiger partial charge in [-0.25, -0.2) is 0 Å². The lowest BCUT2D eigenvalue weighted by Gasteiger charge is -2.24. The van der Waals surface area contributed by atoms with E-state index in [0.717, 1.165) is 51.3 Å². The number of amides is 1. The van der Waals surface area contributed by atoms with E-state index in [2.05, 4.69) is 53.1 Å². The van der Waals surface area contributed by atoms with Gasteiger partial charge in [0.1, 0.15) is 5.75 Å². The molecule has 2 aliphatic rings. The third-order valence-electron chi connectivity index (χ3n) is 6.06.